The Labute approximate surface area is 144 Å². The van der Waals surface area contributed by atoms with Gasteiger partial charge in [-0.15, -0.1) is 0 Å². The Morgan fingerprint density at radius 3 is 2.64 bits per heavy atom. The number of nitrogens with zero attached hydrogens (tertiary/aromatic N) is 1. The van der Waals surface area contributed by atoms with Gasteiger partial charge in [-0.3, -0.25) is 0 Å². The SMILES string of the molecule is CCOC(=O)C1=C(c2ccccc2)OC(N)=C(C#N)[C@@H]1c1ccco1. The van der Waals surface area contributed by atoms with E-state index < -0.39 is 11.9 Å². The van der Waals surface area contributed by atoms with Crippen LogP contribution in [0.1, 0.15) is 24.2 Å². The number of nitriles is 1. The fourth-order valence-electron chi connectivity index (χ4n) is 2.72. The van der Waals surface area contributed by atoms with Gasteiger partial charge in [0.1, 0.15) is 23.2 Å². The predicted molar refractivity (Wildman–Crippen MR) is 89.4 cm³/mol. The summed E-state index contributed by atoms with van der Waals surface area (Å²) in [4.78, 5) is 12.7. The van der Waals surface area contributed by atoms with E-state index in [-0.39, 0.29) is 29.4 Å². The minimum atomic E-state index is -0.789. The zero-order valence-corrected chi connectivity index (χ0v) is 13.6. The number of nitrogens with two attached hydrogens (primary N) is 1. The van der Waals surface area contributed by atoms with Crippen molar-refractivity contribution < 1.29 is 18.7 Å². The fourth-order valence-corrected chi connectivity index (χ4v) is 2.72. The lowest BCUT2D eigenvalue weighted by Gasteiger charge is -2.26. The van der Waals surface area contributed by atoms with E-state index in [2.05, 4.69) is 0 Å². The van der Waals surface area contributed by atoms with Crippen LogP contribution in [0.25, 0.3) is 5.76 Å². The molecule has 2 aromatic rings. The van der Waals surface area contributed by atoms with Crippen LogP contribution in [0.4, 0.5) is 0 Å². The minimum Gasteiger partial charge on any atom is -0.468 e. The molecule has 0 fully saturated rings. The number of benzene rings is 1. The second-order valence-electron chi connectivity index (χ2n) is 5.27. The van der Waals surface area contributed by atoms with Gasteiger partial charge in [0, 0.05) is 5.56 Å². The molecule has 126 valence electrons. The standard InChI is InChI=1S/C19H16N2O4/c1-2-23-19(22)16-15(14-9-6-10-24-14)13(11-20)18(21)25-17(16)12-7-4-3-5-8-12/h3-10,15H,2,21H2,1H3/t15-/m1/s1. The van der Waals surface area contributed by atoms with Crippen LogP contribution in [0.2, 0.25) is 0 Å². The summed E-state index contributed by atoms with van der Waals surface area (Å²) in [6.07, 6.45) is 1.47. The molecule has 0 unspecified atom stereocenters. The first kappa shape index (κ1) is 16.4. The van der Waals surface area contributed by atoms with E-state index in [0.29, 0.717) is 11.3 Å². The molecule has 25 heavy (non-hydrogen) atoms. The van der Waals surface area contributed by atoms with Crippen LogP contribution < -0.4 is 5.73 Å². The molecular formula is C19H16N2O4. The Bertz CT molecular complexity index is 874. The molecule has 1 aliphatic heterocycles. The van der Waals surface area contributed by atoms with E-state index in [9.17, 15) is 10.1 Å². The summed E-state index contributed by atoms with van der Waals surface area (Å²) in [6.45, 7) is 1.90. The lowest BCUT2D eigenvalue weighted by molar-refractivity contribution is -0.138. The Kier molecular flexibility index (Phi) is 4.57. The van der Waals surface area contributed by atoms with Gasteiger partial charge in [0.2, 0.25) is 5.88 Å². The zero-order valence-electron chi connectivity index (χ0n) is 13.6. The second-order valence-corrected chi connectivity index (χ2v) is 5.27. The molecule has 0 saturated carbocycles. The maximum atomic E-state index is 12.7. The molecule has 1 atom stereocenters. The summed E-state index contributed by atoms with van der Waals surface area (Å²) in [7, 11) is 0. The third-order valence-electron chi connectivity index (χ3n) is 3.78. The number of hydrogen-bond donors (Lipinski definition) is 1. The van der Waals surface area contributed by atoms with Gasteiger partial charge in [0.05, 0.1) is 24.4 Å². The molecule has 0 bridgehead atoms. The largest absolute Gasteiger partial charge is 0.468 e. The van der Waals surface area contributed by atoms with Crippen molar-refractivity contribution in [3.63, 3.8) is 0 Å². The van der Waals surface area contributed by atoms with Gasteiger partial charge in [-0.2, -0.15) is 5.26 Å². The van der Waals surface area contributed by atoms with Crippen molar-refractivity contribution in [1.29, 1.82) is 5.26 Å². The third kappa shape index (κ3) is 3.00. The maximum Gasteiger partial charge on any atom is 0.338 e. The topological polar surface area (TPSA) is 98.5 Å². The van der Waals surface area contributed by atoms with E-state index in [1.54, 1.807) is 31.2 Å². The number of carbonyl (C=O) groups is 1. The summed E-state index contributed by atoms with van der Waals surface area (Å²) in [5, 5.41) is 9.53. The maximum absolute atomic E-state index is 12.7. The van der Waals surface area contributed by atoms with Crippen molar-refractivity contribution in [1.82, 2.24) is 0 Å². The lowest BCUT2D eigenvalue weighted by atomic mass is 9.85. The smallest absolute Gasteiger partial charge is 0.338 e. The van der Waals surface area contributed by atoms with Crippen LogP contribution >= 0.6 is 0 Å². The monoisotopic (exact) mass is 336 g/mol. The highest BCUT2D eigenvalue weighted by Gasteiger charge is 2.39. The van der Waals surface area contributed by atoms with Gasteiger partial charge >= 0.3 is 5.97 Å². The molecule has 6 nitrogen and oxygen atoms in total. The number of ether oxygens (including phenoxy) is 2. The van der Waals surface area contributed by atoms with Crippen molar-refractivity contribution in [2.45, 2.75) is 12.8 Å². The van der Waals surface area contributed by atoms with Crippen LogP contribution in [0.15, 0.2) is 70.2 Å². The summed E-state index contributed by atoms with van der Waals surface area (Å²) in [6, 6.07) is 14.4. The first-order valence-corrected chi connectivity index (χ1v) is 7.75. The van der Waals surface area contributed by atoms with Crippen LogP contribution in [-0.4, -0.2) is 12.6 Å². The molecular weight excluding hydrogens is 320 g/mol. The number of esters is 1. The van der Waals surface area contributed by atoms with Crippen molar-refractivity contribution in [3.05, 3.63) is 77.1 Å². The average Bonchev–Trinajstić information content (AvgIpc) is 3.16. The number of allylic oxidation sites excluding steroid dienone is 1. The predicted octanol–water partition coefficient (Wildman–Crippen LogP) is 3.06. The molecule has 0 amide bonds. The number of furan rings is 1. The molecule has 1 aromatic heterocycles. The van der Waals surface area contributed by atoms with Crippen molar-refractivity contribution >= 4 is 11.7 Å². The number of hydrogen-bond acceptors (Lipinski definition) is 6. The van der Waals surface area contributed by atoms with Crippen LogP contribution in [0.3, 0.4) is 0 Å². The highest BCUT2D eigenvalue weighted by atomic mass is 16.5. The van der Waals surface area contributed by atoms with Gasteiger partial charge < -0.3 is 19.6 Å². The molecule has 2 heterocycles. The van der Waals surface area contributed by atoms with E-state index in [1.165, 1.54) is 6.26 Å². The average molecular weight is 336 g/mol. The van der Waals surface area contributed by atoms with Crippen molar-refractivity contribution in [3.8, 4) is 6.07 Å². The lowest BCUT2D eigenvalue weighted by Crippen LogP contribution is -2.25. The first-order chi connectivity index (χ1) is 12.2. The molecule has 1 aromatic carbocycles. The Balaban J connectivity index is 2.25. The summed E-state index contributed by atoms with van der Waals surface area (Å²) in [5.74, 6) is -0.752. The van der Waals surface area contributed by atoms with Crippen LogP contribution in [-0.2, 0) is 14.3 Å². The molecule has 6 heteroatoms. The van der Waals surface area contributed by atoms with Crippen LogP contribution in [0.5, 0.6) is 0 Å². The molecule has 0 radical (unpaired) electrons. The zero-order chi connectivity index (χ0) is 17.8. The number of rotatable bonds is 4. The fraction of sp³-hybridized carbons (Fsp3) is 0.158. The van der Waals surface area contributed by atoms with Crippen molar-refractivity contribution in [2.75, 3.05) is 6.61 Å². The number of carbonyl (C=O) groups excluding carboxylic acids is 1. The van der Waals surface area contributed by atoms with Gasteiger partial charge in [-0.25, -0.2) is 4.79 Å². The molecule has 0 aliphatic carbocycles. The van der Waals surface area contributed by atoms with Gasteiger partial charge in [-0.05, 0) is 19.1 Å². The van der Waals surface area contributed by atoms with E-state index in [4.69, 9.17) is 19.6 Å². The highest BCUT2D eigenvalue weighted by molar-refractivity contribution is 5.99. The summed E-state index contributed by atoms with van der Waals surface area (Å²) < 4.78 is 16.3. The van der Waals surface area contributed by atoms with Gasteiger partial charge in [-0.1, -0.05) is 30.3 Å². The molecule has 3 rings (SSSR count). The quantitative estimate of drug-likeness (QED) is 0.862. The highest BCUT2D eigenvalue weighted by Crippen LogP contribution is 2.42. The van der Waals surface area contributed by atoms with Crippen LogP contribution in [0, 0.1) is 11.3 Å². The van der Waals surface area contributed by atoms with E-state index in [0.717, 1.165) is 0 Å². The Morgan fingerprint density at radius 2 is 2.04 bits per heavy atom. The van der Waals surface area contributed by atoms with Gasteiger partial charge in [0.25, 0.3) is 0 Å². The molecule has 2 N–H and O–H groups in total. The van der Waals surface area contributed by atoms with Crippen molar-refractivity contribution in [2.24, 2.45) is 5.73 Å². The minimum absolute atomic E-state index is 0.0594. The summed E-state index contributed by atoms with van der Waals surface area (Å²) in [5.41, 5.74) is 6.91. The summed E-state index contributed by atoms with van der Waals surface area (Å²) >= 11 is 0. The first-order valence-electron chi connectivity index (χ1n) is 7.75. The van der Waals surface area contributed by atoms with E-state index >= 15 is 0 Å². The third-order valence-corrected chi connectivity index (χ3v) is 3.78. The van der Waals surface area contributed by atoms with Gasteiger partial charge in [0.15, 0.2) is 0 Å². The Morgan fingerprint density at radius 1 is 1.28 bits per heavy atom. The second kappa shape index (κ2) is 6.97. The molecule has 0 saturated heterocycles. The molecule has 0 spiro atoms. The van der Waals surface area contributed by atoms with E-state index in [1.807, 2.05) is 24.3 Å². The normalized spacial score (nSPS) is 17.0. The Hall–Kier alpha value is -3.46. The molecule has 1 aliphatic rings.